The molecule has 0 radical (unpaired) electrons. The predicted octanol–water partition coefficient (Wildman–Crippen LogP) is 4.83. The number of halogens is 1. The van der Waals surface area contributed by atoms with Gasteiger partial charge in [0.25, 0.3) is 0 Å². The number of amides is 1. The van der Waals surface area contributed by atoms with E-state index in [-0.39, 0.29) is 11.7 Å². The molecule has 4 nitrogen and oxygen atoms in total. The Balaban J connectivity index is 1.61. The zero-order chi connectivity index (χ0) is 17.2. The molecule has 126 valence electrons. The van der Waals surface area contributed by atoms with Crippen molar-refractivity contribution in [2.45, 2.75) is 12.8 Å². The number of thiophene rings is 1. The summed E-state index contributed by atoms with van der Waals surface area (Å²) < 4.78 is 15.1. The summed E-state index contributed by atoms with van der Waals surface area (Å²) in [6.07, 6.45) is 2.98. The van der Waals surface area contributed by atoms with Crippen LogP contribution in [0.25, 0.3) is 16.2 Å². The third-order valence-electron chi connectivity index (χ3n) is 3.82. The lowest BCUT2D eigenvalue weighted by molar-refractivity contribution is -0.116. The quantitative estimate of drug-likeness (QED) is 0.546. The molecule has 0 fully saturated rings. The second-order valence-corrected chi connectivity index (χ2v) is 7.40. The topological polar surface area (TPSA) is 46.4 Å². The maximum absolute atomic E-state index is 13.2. The highest BCUT2D eigenvalue weighted by molar-refractivity contribution is 7.15. The molecule has 4 aromatic rings. The van der Waals surface area contributed by atoms with Gasteiger partial charge in [-0.25, -0.2) is 9.37 Å². The van der Waals surface area contributed by atoms with Gasteiger partial charge in [-0.15, -0.1) is 22.7 Å². The molecule has 0 aliphatic rings. The van der Waals surface area contributed by atoms with Crippen LogP contribution in [0.15, 0.2) is 53.4 Å². The van der Waals surface area contributed by atoms with E-state index in [1.165, 1.54) is 28.3 Å². The molecule has 0 atom stereocenters. The third kappa shape index (κ3) is 3.33. The highest BCUT2D eigenvalue weighted by Crippen LogP contribution is 2.31. The maximum atomic E-state index is 13.2. The Morgan fingerprint density at radius 3 is 2.76 bits per heavy atom. The van der Waals surface area contributed by atoms with Crippen LogP contribution in [0.4, 0.5) is 10.2 Å². The summed E-state index contributed by atoms with van der Waals surface area (Å²) in [4.78, 5) is 19.0. The molecule has 1 aromatic carbocycles. The number of nitrogens with one attached hydrogen (secondary N) is 1. The molecule has 1 amide bonds. The number of imidazole rings is 1. The molecule has 4 rings (SSSR count). The molecule has 3 aromatic heterocycles. The summed E-state index contributed by atoms with van der Waals surface area (Å²) in [7, 11) is 0. The normalized spacial score (nSPS) is 11.1. The Labute approximate surface area is 151 Å². The fraction of sp³-hybridized carbons (Fsp3) is 0.111. The van der Waals surface area contributed by atoms with Crippen LogP contribution in [-0.4, -0.2) is 15.3 Å². The van der Waals surface area contributed by atoms with Gasteiger partial charge in [-0.1, -0.05) is 6.07 Å². The minimum Gasteiger partial charge on any atom is -0.310 e. The fourth-order valence-electron chi connectivity index (χ4n) is 2.60. The number of rotatable bonds is 5. The number of carbonyl (C=O) groups excluding carboxylic acids is 1. The second-order valence-electron chi connectivity index (χ2n) is 5.50. The third-order valence-corrected chi connectivity index (χ3v) is 5.51. The first-order valence-electron chi connectivity index (χ1n) is 7.74. The Morgan fingerprint density at radius 1 is 1.16 bits per heavy atom. The van der Waals surface area contributed by atoms with Crippen molar-refractivity contribution in [2.75, 3.05) is 5.32 Å². The first-order valence-corrected chi connectivity index (χ1v) is 9.50. The van der Waals surface area contributed by atoms with E-state index >= 15 is 0 Å². The van der Waals surface area contributed by atoms with E-state index < -0.39 is 0 Å². The summed E-state index contributed by atoms with van der Waals surface area (Å²) in [5.41, 5.74) is 1.42. The standard InChI is InChI=1S/C18H14FN3OS2/c19-13-5-3-12(4-6-13)16-17(22-9-11-25-18(22)21-16)20-15(23)8-7-14-2-1-10-24-14/h1-6,9-11H,7-8H2,(H,20,23). The average molecular weight is 371 g/mol. The summed E-state index contributed by atoms with van der Waals surface area (Å²) >= 11 is 3.13. The molecule has 0 aliphatic heterocycles. The Bertz CT molecular complexity index is 1000. The predicted molar refractivity (Wildman–Crippen MR) is 99.7 cm³/mol. The lowest BCUT2D eigenvalue weighted by atomic mass is 10.1. The van der Waals surface area contributed by atoms with Crippen molar-refractivity contribution in [2.24, 2.45) is 0 Å². The lowest BCUT2D eigenvalue weighted by Gasteiger charge is -2.07. The van der Waals surface area contributed by atoms with Crippen molar-refractivity contribution >= 4 is 39.4 Å². The zero-order valence-corrected chi connectivity index (χ0v) is 14.7. The lowest BCUT2D eigenvalue weighted by Crippen LogP contribution is -2.14. The van der Waals surface area contributed by atoms with Crippen LogP contribution in [0.2, 0.25) is 0 Å². The van der Waals surface area contributed by atoms with Gasteiger partial charge < -0.3 is 5.32 Å². The molecular formula is C18H14FN3OS2. The van der Waals surface area contributed by atoms with Gasteiger partial charge in [-0.05, 0) is 42.1 Å². The smallest absolute Gasteiger partial charge is 0.225 e. The second kappa shape index (κ2) is 6.78. The van der Waals surface area contributed by atoms with Crippen molar-refractivity contribution in [1.29, 1.82) is 0 Å². The van der Waals surface area contributed by atoms with Crippen molar-refractivity contribution in [3.8, 4) is 11.3 Å². The summed E-state index contributed by atoms with van der Waals surface area (Å²) in [6, 6.07) is 10.1. The van der Waals surface area contributed by atoms with Crippen LogP contribution in [0.1, 0.15) is 11.3 Å². The van der Waals surface area contributed by atoms with E-state index in [4.69, 9.17) is 0 Å². The van der Waals surface area contributed by atoms with Gasteiger partial charge in [-0.2, -0.15) is 0 Å². The van der Waals surface area contributed by atoms with Crippen LogP contribution in [0.5, 0.6) is 0 Å². The van der Waals surface area contributed by atoms with Gasteiger partial charge in [-0.3, -0.25) is 9.20 Å². The van der Waals surface area contributed by atoms with E-state index in [1.54, 1.807) is 23.5 Å². The van der Waals surface area contributed by atoms with E-state index in [1.807, 2.05) is 33.5 Å². The Kier molecular flexibility index (Phi) is 4.33. The molecular weight excluding hydrogens is 357 g/mol. The van der Waals surface area contributed by atoms with Crippen molar-refractivity contribution in [1.82, 2.24) is 9.38 Å². The van der Waals surface area contributed by atoms with Gasteiger partial charge in [0.2, 0.25) is 5.91 Å². The van der Waals surface area contributed by atoms with Crippen LogP contribution in [-0.2, 0) is 11.2 Å². The molecule has 0 saturated carbocycles. The van der Waals surface area contributed by atoms with Crippen molar-refractivity contribution < 1.29 is 9.18 Å². The van der Waals surface area contributed by atoms with Gasteiger partial charge in [0, 0.05) is 28.4 Å². The zero-order valence-electron chi connectivity index (χ0n) is 13.1. The van der Waals surface area contributed by atoms with E-state index in [2.05, 4.69) is 10.3 Å². The molecule has 25 heavy (non-hydrogen) atoms. The maximum Gasteiger partial charge on any atom is 0.225 e. The number of hydrogen-bond acceptors (Lipinski definition) is 4. The van der Waals surface area contributed by atoms with Crippen LogP contribution >= 0.6 is 22.7 Å². The molecule has 0 saturated heterocycles. The molecule has 0 spiro atoms. The minimum atomic E-state index is -0.300. The summed E-state index contributed by atoms with van der Waals surface area (Å²) in [6.45, 7) is 0. The number of nitrogens with zero attached hydrogens (tertiary/aromatic N) is 2. The molecule has 7 heteroatoms. The van der Waals surface area contributed by atoms with E-state index in [0.29, 0.717) is 24.4 Å². The van der Waals surface area contributed by atoms with Crippen molar-refractivity contribution in [3.63, 3.8) is 0 Å². The van der Waals surface area contributed by atoms with Gasteiger partial charge in [0.05, 0.1) is 0 Å². The number of benzene rings is 1. The number of thiazole rings is 1. The number of anilines is 1. The Hall–Kier alpha value is -2.51. The fourth-order valence-corrected chi connectivity index (χ4v) is 4.02. The minimum absolute atomic E-state index is 0.0650. The SMILES string of the molecule is O=C(CCc1cccs1)Nc1c(-c2ccc(F)cc2)nc2sccn12. The first kappa shape index (κ1) is 16.0. The number of fused-ring (bicyclic) bond motifs is 1. The van der Waals surface area contributed by atoms with Gasteiger partial charge in [0.15, 0.2) is 4.96 Å². The first-order chi connectivity index (χ1) is 12.2. The summed E-state index contributed by atoms with van der Waals surface area (Å²) in [5.74, 6) is 0.259. The van der Waals surface area contributed by atoms with E-state index in [0.717, 1.165) is 10.5 Å². The number of aryl methyl sites for hydroxylation is 1. The molecule has 0 unspecified atom stereocenters. The van der Waals surface area contributed by atoms with Gasteiger partial charge in [0.1, 0.15) is 17.3 Å². The molecule has 0 bridgehead atoms. The van der Waals surface area contributed by atoms with Crippen LogP contribution in [0.3, 0.4) is 0 Å². The number of aromatic nitrogens is 2. The average Bonchev–Trinajstić information content (AvgIpc) is 3.32. The van der Waals surface area contributed by atoms with Crippen LogP contribution in [0, 0.1) is 5.82 Å². The monoisotopic (exact) mass is 371 g/mol. The number of carbonyl (C=O) groups is 1. The Morgan fingerprint density at radius 2 is 2.00 bits per heavy atom. The molecule has 3 heterocycles. The molecule has 0 aliphatic carbocycles. The summed E-state index contributed by atoms with van der Waals surface area (Å²) in [5, 5.41) is 6.89. The number of hydrogen-bond donors (Lipinski definition) is 1. The molecule has 1 N–H and O–H groups in total. The highest BCUT2D eigenvalue weighted by atomic mass is 32.1. The van der Waals surface area contributed by atoms with Crippen LogP contribution < -0.4 is 5.32 Å². The highest BCUT2D eigenvalue weighted by Gasteiger charge is 2.17. The van der Waals surface area contributed by atoms with Crippen molar-refractivity contribution in [3.05, 3.63) is 64.0 Å². The largest absolute Gasteiger partial charge is 0.310 e. The van der Waals surface area contributed by atoms with E-state index in [9.17, 15) is 9.18 Å². The van der Waals surface area contributed by atoms with Gasteiger partial charge >= 0.3 is 0 Å².